The smallest absolute Gasteiger partial charge is 0.256 e. The lowest BCUT2D eigenvalue weighted by Crippen LogP contribution is -2.44. The molecule has 0 N–H and O–H groups in total. The molecular formula is C19H25FN2O2. The van der Waals surface area contributed by atoms with E-state index in [0.717, 1.165) is 25.9 Å². The Hall–Kier alpha value is -1.91. The van der Waals surface area contributed by atoms with Crippen molar-refractivity contribution in [3.05, 3.63) is 35.6 Å². The number of halogens is 1. The van der Waals surface area contributed by atoms with E-state index in [9.17, 15) is 14.0 Å². The summed E-state index contributed by atoms with van der Waals surface area (Å²) in [5, 5.41) is 0. The molecule has 4 nitrogen and oxygen atoms in total. The highest BCUT2D eigenvalue weighted by Crippen LogP contribution is 2.23. The molecule has 130 valence electrons. The molecule has 2 fully saturated rings. The van der Waals surface area contributed by atoms with Gasteiger partial charge in [0.15, 0.2) is 0 Å². The second-order valence-corrected chi connectivity index (χ2v) is 6.79. The van der Waals surface area contributed by atoms with E-state index < -0.39 is 5.82 Å². The number of nitrogens with zero attached hydrogens (tertiary/aromatic N) is 2. The van der Waals surface area contributed by atoms with Gasteiger partial charge in [0.25, 0.3) is 5.91 Å². The van der Waals surface area contributed by atoms with Crippen molar-refractivity contribution >= 4 is 11.8 Å². The summed E-state index contributed by atoms with van der Waals surface area (Å²) >= 11 is 0. The lowest BCUT2D eigenvalue weighted by Gasteiger charge is -2.34. The van der Waals surface area contributed by atoms with E-state index in [1.807, 2.05) is 4.90 Å². The van der Waals surface area contributed by atoms with Gasteiger partial charge in [0, 0.05) is 32.1 Å². The minimum absolute atomic E-state index is 0.00719. The molecule has 24 heavy (non-hydrogen) atoms. The number of hydrogen-bond donors (Lipinski definition) is 0. The Balaban J connectivity index is 1.56. The van der Waals surface area contributed by atoms with Crippen molar-refractivity contribution in [3.8, 4) is 0 Å². The third-order valence-electron chi connectivity index (χ3n) is 5.15. The number of likely N-dealkylation sites (tertiary alicyclic amines) is 2. The average molecular weight is 332 g/mol. The van der Waals surface area contributed by atoms with Gasteiger partial charge in [-0.05, 0) is 37.8 Å². The lowest BCUT2D eigenvalue weighted by atomic mass is 9.94. The summed E-state index contributed by atoms with van der Waals surface area (Å²) in [6, 6.07) is 6.08. The van der Waals surface area contributed by atoms with Crippen LogP contribution in [0.25, 0.3) is 0 Å². The fourth-order valence-electron chi connectivity index (χ4n) is 3.68. The van der Waals surface area contributed by atoms with Crippen molar-refractivity contribution in [2.24, 2.45) is 5.92 Å². The van der Waals surface area contributed by atoms with Crippen LogP contribution >= 0.6 is 0 Å². The quantitative estimate of drug-likeness (QED) is 0.835. The molecule has 5 heteroatoms. The Morgan fingerprint density at radius 1 is 0.875 bits per heavy atom. The largest absolute Gasteiger partial charge is 0.342 e. The molecule has 0 saturated carbocycles. The summed E-state index contributed by atoms with van der Waals surface area (Å²) in [5.41, 5.74) is 0.120. The van der Waals surface area contributed by atoms with E-state index in [4.69, 9.17) is 0 Å². The number of benzene rings is 1. The van der Waals surface area contributed by atoms with Gasteiger partial charge in [0.1, 0.15) is 5.82 Å². The van der Waals surface area contributed by atoms with Crippen LogP contribution in [0.5, 0.6) is 0 Å². The van der Waals surface area contributed by atoms with E-state index in [0.29, 0.717) is 25.9 Å². The fourth-order valence-corrected chi connectivity index (χ4v) is 3.68. The van der Waals surface area contributed by atoms with E-state index in [1.165, 1.54) is 25.0 Å². The van der Waals surface area contributed by atoms with Crippen molar-refractivity contribution in [1.29, 1.82) is 0 Å². The van der Waals surface area contributed by atoms with E-state index in [-0.39, 0.29) is 23.3 Å². The first-order chi connectivity index (χ1) is 11.7. The lowest BCUT2D eigenvalue weighted by molar-refractivity contribution is -0.136. The summed E-state index contributed by atoms with van der Waals surface area (Å²) in [5.74, 6) is -0.498. The topological polar surface area (TPSA) is 40.6 Å². The summed E-state index contributed by atoms with van der Waals surface area (Å²) in [7, 11) is 0. The van der Waals surface area contributed by atoms with Crippen molar-refractivity contribution in [2.45, 2.75) is 38.5 Å². The first-order valence-electron chi connectivity index (χ1n) is 8.99. The Morgan fingerprint density at radius 2 is 1.50 bits per heavy atom. The van der Waals surface area contributed by atoms with E-state index in [1.54, 1.807) is 17.0 Å². The molecule has 2 aliphatic heterocycles. The van der Waals surface area contributed by atoms with Crippen LogP contribution in [0.3, 0.4) is 0 Å². The molecule has 0 aromatic heterocycles. The molecular weight excluding hydrogens is 307 g/mol. The molecule has 2 aliphatic rings. The number of amides is 2. The molecule has 1 aromatic carbocycles. The van der Waals surface area contributed by atoms with E-state index in [2.05, 4.69) is 0 Å². The average Bonchev–Trinajstić information content (AvgIpc) is 2.90. The zero-order chi connectivity index (χ0) is 16.9. The van der Waals surface area contributed by atoms with Crippen LogP contribution in [0.1, 0.15) is 48.9 Å². The molecule has 0 radical (unpaired) electrons. The Kier molecular flexibility index (Phi) is 5.48. The first kappa shape index (κ1) is 16.9. The number of carbonyl (C=O) groups excluding carboxylic acids is 2. The normalized spacial score (nSPS) is 19.9. The van der Waals surface area contributed by atoms with Gasteiger partial charge >= 0.3 is 0 Å². The molecule has 0 bridgehead atoms. The van der Waals surface area contributed by atoms with Crippen molar-refractivity contribution in [1.82, 2.24) is 9.80 Å². The Labute approximate surface area is 142 Å². The maximum absolute atomic E-state index is 13.8. The molecule has 0 aliphatic carbocycles. The number of rotatable bonds is 2. The monoisotopic (exact) mass is 332 g/mol. The highest BCUT2D eigenvalue weighted by atomic mass is 19.1. The third kappa shape index (κ3) is 3.77. The third-order valence-corrected chi connectivity index (χ3v) is 5.15. The second-order valence-electron chi connectivity index (χ2n) is 6.79. The molecule has 2 heterocycles. The predicted octanol–water partition coefficient (Wildman–Crippen LogP) is 3.08. The van der Waals surface area contributed by atoms with Gasteiger partial charge in [-0.3, -0.25) is 9.59 Å². The van der Waals surface area contributed by atoms with Crippen LogP contribution in [0, 0.1) is 11.7 Å². The van der Waals surface area contributed by atoms with Gasteiger partial charge < -0.3 is 9.80 Å². The van der Waals surface area contributed by atoms with Gasteiger partial charge in [0.05, 0.1) is 5.56 Å². The van der Waals surface area contributed by atoms with Gasteiger partial charge in [0.2, 0.25) is 5.91 Å². The fraction of sp³-hybridized carbons (Fsp3) is 0.579. The molecule has 2 amide bonds. The molecule has 0 atom stereocenters. The SMILES string of the molecule is O=C(c1ccccc1F)N1CCC(C(=O)N2CCCCCC2)CC1. The standard InChI is InChI=1S/C19H25FN2O2/c20-17-8-4-3-7-16(17)19(24)22-13-9-15(10-14-22)18(23)21-11-5-1-2-6-12-21/h3-4,7-8,15H,1-2,5-6,9-14H2. The van der Waals surface area contributed by atoms with Crippen LogP contribution in [-0.2, 0) is 4.79 Å². The number of carbonyl (C=O) groups is 2. The minimum atomic E-state index is -0.481. The summed E-state index contributed by atoms with van der Waals surface area (Å²) < 4.78 is 13.8. The molecule has 3 rings (SSSR count). The number of piperidine rings is 1. The van der Waals surface area contributed by atoms with Gasteiger partial charge in [-0.2, -0.15) is 0 Å². The number of hydrogen-bond acceptors (Lipinski definition) is 2. The van der Waals surface area contributed by atoms with Crippen molar-refractivity contribution in [2.75, 3.05) is 26.2 Å². The molecule has 0 spiro atoms. The van der Waals surface area contributed by atoms with Crippen molar-refractivity contribution < 1.29 is 14.0 Å². The Bertz CT molecular complexity index is 589. The maximum atomic E-state index is 13.8. The highest BCUT2D eigenvalue weighted by Gasteiger charge is 2.31. The second kappa shape index (κ2) is 7.77. The van der Waals surface area contributed by atoms with Gasteiger partial charge in [-0.15, -0.1) is 0 Å². The van der Waals surface area contributed by atoms with Crippen LogP contribution in [0.4, 0.5) is 4.39 Å². The van der Waals surface area contributed by atoms with Crippen molar-refractivity contribution in [3.63, 3.8) is 0 Å². The van der Waals surface area contributed by atoms with Crippen LogP contribution in [0.15, 0.2) is 24.3 Å². The summed E-state index contributed by atoms with van der Waals surface area (Å²) in [6.07, 6.45) is 5.95. The van der Waals surface area contributed by atoms with Gasteiger partial charge in [-0.25, -0.2) is 4.39 Å². The van der Waals surface area contributed by atoms with E-state index >= 15 is 0 Å². The molecule has 0 unspecified atom stereocenters. The molecule has 1 aromatic rings. The minimum Gasteiger partial charge on any atom is -0.342 e. The first-order valence-corrected chi connectivity index (χ1v) is 8.99. The Morgan fingerprint density at radius 3 is 2.12 bits per heavy atom. The zero-order valence-electron chi connectivity index (χ0n) is 14.0. The molecule has 2 saturated heterocycles. The predicted molar refractivity (Wildman–Crippen MR) is 90.1 cm³/mol. The summed E-state index contributed by atoms with van der Waals surface area (Å²) in [4.78, 5) is 28.8. The zero-order valence-corrected chi connectivity index (χ0v) is 14.0. The summed E-state index contributed by atoms with van der Waals surface area (Å²) in [6.45, 7) is 2.79. The van der Waals surface area contributed by atoms with Gasteiger partial charge in [-0.1, -0.05) is 25.0 Å². The van der Waals surface area contributed by atoms with Crippen LogP contribution in [-0.4, -0.2) is 47.8 Å². The maximum Gasteiger partial charge on any atom is 0.256 e. The highest BCUT2D eigenvalue weighted by molar-refractivity contribution is 5.94. The van der Waals surface area contributed by atoms with Crippen LogP contribution < -0.4 is 0 Å². The van der Waals surface area contributed by atoms with Crippen LogP contribution in [0.2, 0.25) is 0 Å².